The first-order valence-electron chi connectivity index (χ1n) is 5.15. The second-order valence-corrected chi connectivity index (χ2v) is 3.91. The summed E-state index contributed by atoms with van der Waals surface area (Å²) in [7, 11) is 1.97. The van der Waals surface area contributed by atoms with Crippen molar-refractivity contribution in [2.45, 2.75) is 13.5 Å². The maximum atomic E-state index is 8.71. The maximum Gasteiger partial charge on any atom is 0.0666 e. The van der Waals surface area contributed by atoms with Crippen LogP contribution in [0.15, 0.2) is 18.3 Å². The zero-order valence-electron chi connectivity index (χ0n) is 9.64. The first kappa shape index (κ1) is 12.4. The van der Waals surface area contributed by atoms with Crippen LogP contribution in [0, 0.1) is 17.2 Å². The zero-order valence-corrected chi connectivity index (χ0v) is 9.64. The monoisotopic (exact) mass is 219 g/mol. The molecule has 0 saturated carbocycles. The van der Waals surface area contributed by atoms with Crippen molar-refractivity contribution in [3.05, 3.63) is 24.0 Å². The fourth-order valence-corrected chi connectivity index (χ4v) is 1.50. The minimum absolute atomic E-state index is 0.0285. The lowest BCUT2D eigenvalue weighted by Gasteiger charge is -2.17. The van der Waals surface area contributed by atoms with Gasteiger partial charge in [0, 0.05) is 19.3 Å². The highest BCUT2D eigenvalue weighted by molar-refractivity contribution is 5.41. The van der Waals surface area contributed by atoms with Crippen molar-refractivity contribution in [1.29, 1.82) is 5.26 Å². The Morgan fingerprint density at radius 3 is 3.06 bits per heavy atom. The summed E-state index contributed by atoms with van der Waals surface area (Å²) in [4.78, 5) is 6.31. The quantitative estimate of drug-likeness (QED) is 0.569. The Hall–Kier alpha value is -1.64. The van der Waals surface area contributed by atoms with Crippen LogP contribution in [0.3, 0.4) is 0 Å². The highest BCUT2D eigenvalue weighted by Gasteiger charge is 2.06. The first-order chi connectivity index (χ1) is 7.65. The lowest BCUT2D eigenvalue weighted by Crippen LogP contribution is -2.23. The van der Waals surface area contributed by atoms with Crippen LogP contribution < -0.4 is 11.3 Å². The van der Waals surface area contributed by atoms with Crippen molar-refractivity contribution in [2.24, 2.45) is 11.8 Å². The molecule has 0 radical (unpaired) electrons. The van der Waals surface area contributed by atoms with Crippen molar-refractivity contribution in [1.82, 2.24) is 9.88 Å². The molecule has 1 rings (SSSR count). The average Bonchev–Trinajstić information content (AvgIpc) is 2.28. The van der Waals surface area contributed by atoms with Gasteiger partial charge in [0.2, 0.25) is 0 Å². The summed E-state index contributed by atoms with van der Waals surface area (Å²) in [6.07, 6.45) is 1.71. The van der Waals surface area contributed by atoms with Crippen molar-refractivity contribution >= 4 is 5.69 Å². The molecule has 3 N–H and O–H groups in total. The van der Waals surface area contributed by atoms with Crippen LogP contribution in [0.1, 0.15) is 12.6 Å². The highest BCUT2D eigenvalue weighted by Crippen LogP contribution is 2.08. The van der Waals surface area contributed by atoms with E-state index in [1.54, 1.807) is 12.3 Å². The van der Waals surface area contributed by atoms with E-state index in [2.05, 4.69) is 21.4 Å². The second-order valence-electron chi connectivity index (χ2n) is 3.91. The molecule has 5 heteroatoms. The van der Waals surface area contributed by atoms with Crippen molar-refractivity contribution in [2.75, 3.05) is 19.0 Å². The van der Waals surface area contributed by atoms with Crippen LogP contribution in [-0.2, 0) is 6.54 Å². The molecule has 0 aliphatic heterocycles. The molecular weight excluding hydrogens is 202 g/mol. The number of hydrogen-bond acceptors (Lipinski definition) is 5. The standard InChI is InChI=1S/C11H17N5/c1-9(6-12)7-16(2)8-11-5-10(15-13)3-4-14-11/h3-5,9H,7-8,13H2,1-2H3,(H,14,15). The minimum atomic E-state index is 0.0285. The van der Waals surface area contributed by atoms with Gasteiger partial charge in [-0.15, -0.1) is 0 Å². The molecule has 0 spiro atoms. The molecule has 0 saturated heterocycles. The van der Waals surface area contributed by atoms with Gasteiger partial charge in [-0.3, -0.25) is 15.7 Å². The fraction of sp³-hybridized carbons (Fsp3) is 0.455. The summed E-state index contributed by atoms with van der Waals surface area (Å²) in [6.45, 7) is 3.35. The topological polar surface area (TPSA) is 78.0 Å². The van der Waals surface area contributed by atoms with Crippen LogP contribution in [0.5, 0.6) is 0 Å². The number of nitriles is 1. The molecule has 0 amide bonds. The number of hydrogen-bond donors (Lipinski definition) is 2. The number of hydrazine groups is 1. The van der Waals surface area contributed by atoms with Gasteiger partial charge in [-0.25, -0.2) is 0 Å². The molecule has 1 atom stereocenters. The molecule has 16 heavy (non-hydrogen) atoms. The van der Waals surface area contributed by atoms with Crippen LogP contribution in [0.4, 0.5) is 5.69 Å². The summed E-state index contributed by atoms with van der Waals surface area (Å²) in [5.41, 5.74) is 4.35. The summed E-state index contributed by atoms with van der Waals surface area (Å²) in [5, 5.41) is 8.71. The van der Waals surface area contributed by atoms with E-state index in [1.165, 1.54) is 0 Å². The van der Waals surface area contributed by atoms with E-state index in [-0.39, 0.29) is 5.92 Å². The molecular formula is C11H17N5. The molecule has 0 aromatic carbocycles. The molecule has 0 aliphatic rings. The number of nitrogens with one attached hydrogen (secondary N) is 1. The molecule has 1 aromatic heterocycles. The van der Waals surface area contributed by atoms with Crippen LogP contribution in [0.2, 0.25) is 0 Å². The molecule has 5 nitrogen and oxygen atoms in total. The summed E-state index contributed by atoms with van der Waals surface area (Å²) in [6, 6.07) is 5.91. The summed E-state index contributed by atoms with van der Waals surface area (Å²) < 4.78 is 0. The van der Waals surface area contributed by atoms with Crippen LogP contribution in [-0.4, -0.2) is 23.5 Å². The fourth-order valence-electron chi connectivity index (χ4n) is 1.50. The molecule has 0 fully saturated rings. The summed E-state index contributed by atoms with van der Waals surface area (Å²) in [5.74, 6) is 5.35. The number of nitrogens with zero attached hydrogens (tertiary/aromatic N) is 3. The number of rotatable bonds is 5. The number of anilines is 1. The van der Waals surface area contributed by atoms with Crippen molar-refractivity contribution in [3.8, 4) is 6.07 Å². The van der Waals surface area contributed by atoms with E-state index in [1.807, 2.05) is 20.0 Å². The van der Waals surface area contributed by atoms with E-state index in [0.717, 1.165) is 17.9 Å². The third kappa shape index (κ3) is 3.85. The lowest BCUT2D eigenvalue weighted by atomic mass is 10.2. The Balaban J connectivity index is 2.56. The van der Waals surface area contributed by atoms with E-state index >= 15 is 0 Å². The van der Waals surface area contributed by atoms with Gasteiger partial charge in [0.05, 0.1) is 23.4 Å². The van der Waals surface area contributed by atoms with Crippen molar-refractivity contribution < 1.29 is 0 Å². The number of pyridine rings is 1. The normalized spacial score (nSPS) is 12.2. The number of nitrogens with two attached hydrogens (primary N) is 1. The molecule has 1 unspecified atom stereocenters. The smallest absolute Gasteiger partial charge is 0.0666 e. The second kappa shape index (κ2) is 6.05. The predicted molar refractivity (Wildman–Crippen MR) is 63.2 cm³/mol. The van der Waals surface area contributed by atoms with Gasteiger partial charge in [-0.2, -0.15) is 5.26 Å². The Bertz CT molecular complexity index is 371. The molecule has 0 bridgehead atoms. The largest absolute Gasteiger partial charge is 0.324 e. The maximum absolute atomic E-state index is 8.71. The lowest BCUT2D eigenvalue weighted by molar-refractivity contribution is 0.300. The Kier molecular flexibility index (Phi) is 4.70. The van der Waals surface area contributed by atoms with Gasteiger partial charge < -0.3 is 5.43 Å². The number of aromatic nitrogens is 1. The third-order valence-electron chi connectivity index (χ3n) is 2.22. The number of nitrogen functional groups attached to an aromatic ring is 1. The van der Waals surface area contributed by atoms with Gasteiger partial charge in [0.15, 0.2) is 0 Å². The highest BCUT2D eigenvalue weighted by atomic mass is 15.2. The van der Waals surface area contributed by atoms with Gasteiger partial charge >= 0.3 is 0 Å². The van der Waals surface area contributed by atoms with E-state index in [9.17, 15) is 0 Å². The molecule has 1 aromatic rings. The van der Waals surface area contributed by atoms with E-state index < -0.39 is 0 Å². The summed E-state index contributed by atoms with van der Waals surface area (Å²) >= 11 is 0. The Morgan fingerprint density at radius 1 is 1.69 bits per heavy atom. The van der Waals surface area contributed by atoms with E-state index in [0.29, 0.717) is 6.54 Å². The van der Waals surface area contributed by atoms with Gasteiger partial charge in [0.1, 0.15) is 0 Å². The third-order valence-corrected chi connectivity index (χ3v) is 2.22. The SMILES string of the molecule is CC(C#N)CN(C)Cc1cc(NN)ccn1. The Labute approximate surface area is 95.9 Å². The molecule has 1 heterocycles. The van der Waals surface area contributed by atoms with Gasteiger partial charge in [-0.1, -0.05) is 0 Å². The van der Waals surface area contributed by atoms with Gasteiger partial charge in [0.25, 0.3) is 0 Å². The Morgan fingerprint density at radius 2 is 2.44 bits per heavy atom. The zero-order chi connectivity index (χ0) is 12.0. The van der Waals surface area contributed by atoms with Crippen LogP contribution >= 0.6 is 0 Å². The first-order valence-corrected chi connectivity index (χ1v) is 5.15. The van der Waals surface area contributed by atoms with Gasteiger partial charge in [-0.05, 0) is 26.1 Å². The predicted octanol–water partition coefficient (Wildman–Crippen LogP) is 0.959. The van der Waals surface area contributed by atoms with E-state index in [4.69, 9.17) is 11.1 Å². The van der Waals surface area contributed by atoms with Crippen LogP contribution in [0.25, 0.3) is 0 Å². The van der Waals surface area contributed by atoms with Crippen molar-refractivity contribution in [3.63, 3.8) is 0 Å². The molecule has 0 aliphatic carbocycles. The minimum Gasteiger partial charge on any atom is -0.324 e. The molecule has 86 valence electrons. The average molecular weight is 219 g/mol.